The lowest BCUT2D eigenvalue weighted by Crippen LogP contribution is -2.23. The molecule has 0 aliphatic carbocycles. The molecule has 0 unspecified atom stereocenters. The van der Waals surface area contributed by atoms with Crippen molar-refractivity contribution in [2.75, 3.05) is 20.7 Å². The Bertz CT molecular complexity index is 388. The van der Waals surface area contributed by atoms with Crippen molar-refractivity contribution < 1.29 is 9.53 Å². The molecule has 3 nitrogen and oxygen atoms in total. The average molecular weight is 249 g/mol. The molecule has 18 heavy (non-hydrogen) atoms. The van der Waals surface area contributed by atoms with Crippen molar-refractivity contribution in [2.24, 2.45) is 5.92 Å². The first-order valence-corrected chi connectivity index (χ1v) is 6.35. The predicted molar refractivity (Wildman–Crippen MR) is 73.3 cm³/mol. The Balaban J connectivity index is 2.72. The zero-order chi connectivity index (χ0) is 13.5. The van der Waals surface area contributed by atoms with E-state index in [0.717, 1.165) is 18.7 Å². The number of carbonyl (C=O) groups is 1. The van der Waals surface area contributed by atoms with Gasteiger partial charge >= 0.3 is 5.97 Å². The molecule has 0 aliphatic heterocycles. The second kappa shape index (κ2) is 7.17. The van der Waals surface area contributed by atoms with Crippen LogP contribution in [0.25, 0.3) is 0 Å². The minimum absolute atomic E-state index is 0.186. The van der Waals surface area contributed by atoms with Crippen molar-refractivity contribution in [1.82, 2.24) is 4.90 Å². The van der Waals surface area contributed by atoms with Gasteiger partial charge in [-0.1, -0.05) is 38.1 Å². The fraction of sp³-hybridized carbons (Fsp3) is 0.533. The molecule has 0 radical (unpaired) electrons. The molecule has 0 amide bonds. The van der Waals surface area contributed by atoms with Crippen LogP contribution in [0.15, 0.2) is 24.3 Å². The highest BCUT2D eigenvalue weighted by molar-refractivity contribution is 5.72. The summed E-state index contributed by atoms with van der Waals surface area (Å²) >= 11 is 0. The van der Waals surface area contributed by atoms with E-state index < -0.39 is 0 Å². The molecule has 100 valence electrons. The van der Waals surface area contributed by atoms with E-state index >= 15 is 0 Å². The fourth-order valence-corrected chi connectivity index (χ4v) is 2.09. The highest BCUT2D eigenvalue weighted by Gasteiger charge is 2.10. The monoisotopic (exact) mass is 249 g/mol. The maximum absolute atomic E-state index is 11.4. The fourth-order valence-electron chi connectivity index (χ4n) is 2.09. The summed E-state index contributed by atoms with van der Waals surface area (Å²) in [6.45, 7) is 6.33. The standard InChI is InChI=1S/C15H23NO2/c1-12(2)10-16(3)11-14-8-6-5-7-13(14)9-15(17)18-4/h5-8,12H,9-11H2,1-4H3. The average Bonchev–Trinajstić information content (AvgIpc) is 2.30. The van der Waals surface area contributed by atoms with Gasteiger partial charge in [-0.3, -0.25) is 4.79 Å². The van der Waals surface area contributed by atoms with E-state index in [1.807, 2.05) is 18.2 Å². The minimum Gasteiger partial charge on any atom is -0.469 e. The lowest BCUT2D eigenvalue weighted by atomic mass is 10.0. The molecular formula is C15H23NO2. The van der Waals surface area contributed by atoms with Gasteiger partial charge in [0.05, 0.1) is 13.5 Å². The van der Waals surface area contributed by atoms with Gasteiger partial charge in [0, 0.05) is 13.1 Å². The van der Waals surface area contributed by atoms with Crippen LogP contribution in [-0.2, 0) is 22.5 Å². The molecule has 0 spiro atoms. The Hall–Kier alpha value is -1.35. The van der Waals surface area contributed by atoms with Crippen LogP contribution in [0.2, 0.25) is 0 Å². The second-order valence-electron chi connectivity index (χ2n) is 5.11. The topological polar surface area (TPSA) is 29.5 Å². The molecule has 0 N–H and O–H groups in total. The highest BCUT2D eigenvalue weighted by Crippen LogP contribution is 2.13. The molecule has 3 heteroatoms. The zero-order valence-electron chi connectivity index (χ0n) is 11.8. The Morgan fingerprint density at radius 2 is 1.89 bits per heavy atom. The summed E-state index contributed by atoms with van der Waals surface area (Å²) in [4.78, 5) is 13.6. The lowest BCUT2D eigenvalue weighted by molar-refractivity contribution is -0.139. The molecule has 0 bridgehead atoms. The van der Waals surface area contributed by atoms with Crippen molar-refractivity contribution in [2.45, 2.75) is 26.8 Å². The first-order chi connectivity index (χ1) is 8.52. The zero-order valence-corrected chi connectivity index (χ0v) is 11.8. The maximum atomic E-state index is 11.4. The van der Waals surface area contributed by atoms with Gasteiger partial charge in [-0.15, -0.1) is 0 Å². The van der Waals surface area contributed by atoms with E-state index in [0.29, 0.717) is 12.3 Å². The molecule has 0 saturated carbocycles. The SMILES string of the molecule is COC(=O)Cc1ccccc1CN(C)CC(C)C. The Morgan fingerprint density at radius 1 is 1.28 bits per heavy atom. The maximum Gasteiger partial charge on any atom is 0.309 e. The van der Waals surface area contributed by atoms with Gasteiger partial charge in [-0.05, 0) is 24.1 Å². The summed E-state index contributed by atoms with van der Waals surface area (Å²) in [7, 11) is 3.53. The van der Waals surface area contributed by atoms with Gasteiger partial charge in [0.15, 0.2) is 0 Å². The quantitative estimate of drug-likeness (QED) is 0.725. The van der Waals surface area contributed by atoms with Crippen LogP contribution in [0.3, 0.4) is 0 Å². The van der Waals surface area contributed by atoms with E-state index in [1.165, 1.54) is 12.7 Å². The van der Waals surface area contributed by atoms with Gasteiger partial charge in [0.25, 0.3) is 0 Å². The van der Waals surface area contributed by atoms with Gasteiger partial charge in [0.2, 0.25) is 0 Å². The van der Waals surface area contributed by atoms with Crippen molar-refractivity contribution in [1.29, 1.82) is 0 Å². The van der Waals surface area contributed by atoms with Crippen molar-refractivity contribution >= 4 is 5.97 Å². The van der Waals surface area contributed by atoms with E-state index in [2.05, 4.69) is 31.9 Å². The summed E-state index contributed by atoms with van der Waals surface area (Å²) < 4.78 is 4.73. The Morgan fingerprint density at radius 3 is 2.44 bits per heavy atom. The van der Waals surface area contributed by atoms with Crippen LogP contribution in [0.4, 0.5) is 0 Å². The largest absolute Gasteiger partial charge is 0.469 e. The summed E-state index contributed by atoms with van der Waals surface area (Å²) in [6.07, 6.45) is 0.349. The Labute approximate surface area is 110 Å². The van der Waals surface area contributed by atoms with Crippen LogP contribution in [-0.4, -0.2) is 31.6 Å². The van der Waals surface area contributed by atoms with Gasteiger partial charge in [-0.25, -0.2) is 0 Å². The number of hydrogen-bond acceptors (Lipinski definition) is 3. The molecule has 0 aromatic heterocycles. The van der Waals surface area contributed by atoms with Crippen LogP contribution < -0.4 is 0 Å². The molecule has 0 heterocycles. The number of benzene rings is 1. The van der Waals surface area contributed by atoms with Crippen LogP contribution in [0.5, 0.6) is 0 Å². The second-order valence-corrected chi connectivity index (χ2v) is 5.11. The molecular weight excluding hydrogens is 226 g/mol. The van der Waals surface area contributed by atoms with E-state index in [-0.39, 0.29) is 5.97 Å². The molecule has 0 fully saturated rings. The van der Waals surface area contributed by atoms with Crippen molar-refractivity contribution in [3.63, 3.8) is 0 Å². The normalized spacial score (nSPS) is 11.0. The number of nitrogens with zero attached hydrogens (tertiary/aromatic N) is 1. The summed E-state index contributed by atoms with van der Waals surface area (Å²) in [5.41, 5.74) is 2.26. The molecule has 1 rings (SSSR count). The number of esters is 1. The van der Waals surface area contributed by atoms with E-state index in [1.54, 1.807) is 0 Å². The summed E-state index contributed by atoms with van der Waals surface area (Å²) in [6, 6.07) is 8.05. The van der Waals surface area contributed by atoms with Gasteiger partial charge < -0.3 is 9.64 Å². The van der Waals surface area contributed by atoms with Crippen molar-refractivity contribution in [3.8, 4) is 0 Å². The minimum atomic E-state index is -0.186. The summed E-state index contributed by atoms with van der Waals surface area (Å²) in [5, 5.41) is 0. The van der Waals surface area contributed by atoms with E-state index in [4.69, 9.17) is 4.74 Å². The number of ether oxygens (including phenoxy) is 1. The van der Waals surface area contributed by atoms with Crippen LogP contribution >= 0.6 is 0 Å². The smallest absolute Gasteiger partial charge is 0.309 e. The molecule has 1 aromatic rings. The molecule has 0 atom stereocenters. The first-order valence-electron chi connectivity index (χ1n) is 6.35. The first kappa shape index (κ1) is 14.7. The van der Waals surface area contributed by atoms with Crippen LogP contribution in [0, 0.1) is 5.92 Å². The number of carbonyl (C=O) groups excluding carboxylic acids is 1. The third-order valence-corrected chi connectivity index (χ3v) is 2.80. The van der Waals surface area contributed by atoms with Gasteiger partial charge in [0.1, 0.15) is 0 Å². The molecule has 0 saturated heterocycles. The predicted octanol–water partition coefficient (Wildman–Crippen LogP) is 2.49. The Kier molecular flexibility index (Phi) is 5.86. The number of methoxy groups -OCH3 is 1. The number of hydrogen-bond donors (Lipinski definition) is 0. The van der Waals surface area contributed by atoms with Crippen molar-refractivity contribution in [3.05, 3.63) is 35.4 Å². The van der Waals surface area contributed by atoms with Crippen LogP contribution in [0.1, 0.15) is 25.0 Å². The van der Waals surface area contributed by atoms with Gasteiger partial charge in [-0.2, -0.15) is 0 Å². The van der Waals surface area contributed by atoms with E-state index in [9.17, 15) is 4.79 Å². The lowest BCUT2D eigenvalue weighted by Gasteiger charge is -2.20. The molecule has 1 aromatic carbocycles. The highest BCUT2D eigenvalue weighted by atomic mass is 16.5. The number of rotatable bonds is 6. The third kappa shape index (κ3) is 4.88. The third-order valence-electron chi connectivity index (χ3n) is 2.80. The molecule has 0 aliphatic rings. The summed E-state index contributed by atoms with van der Waals surface area (Å²) in [5.74, 6) is 0.455.